The van der Waals surface area contributed by atoms with Gasteiger partial charge < -0.3 is 9.84 Å². The molecule has 0 aliphatic heterocycles. The van der Waals surface area contributed by atoms with Crippen LogP contribution in [-0.2, 0) is 6.42 Å². The van der Waals surface area contributed by atoms with Crippen LogP contribution in [0.2, 0.25) is 0 Å². The lowest BCUT2D eigenvalue weighted by Crippen LogP contribution is -1.93. The average molecular weight is 254 g/mol. The first-order chi connectivity index (χ1) is 9.28. The summed E-state index contributed by atoms with van der Waals surface area (Å²) in [6, 6.07) is 12.8. The maximum absolute atomic E-state index is 10.8. The van der Waals surface area contributed by atoms with E-state index in [9.17, 15) is 9.90 Å². The molecule has 3 heteroatoms. The van der Waals surface area contributed by atoms with E-state index in [0.717, 1.165) is 36.0 Å². The van der Waals surface area contributed by atoms with Crippen molar-refractivity contribution in [3.8, 4) is 11.5 Å². The van der Waals surface area contributed by atoms with Gasteiger partial charge in [0.25, 0.3) is 0 Å². The van der Waals surface area contributed by atoms with E-state index in [4.69, 9.17) is 4.74 Å². The molecule has 1 atom stereocenters. The van der Waals surface area contributed by atoms with Crippen LogP contribution in [0.1, 0.15) is 34.0 Å². The van der Waals surface area contributed by atoms with Gasteiger partial charge in [-0.15, -0.1) is 0 Å². The number of hydrogen-bond acceptors (Lipinski definition) is 3. The summed E-state index contributed by atoms with van der Waals surface area (Å²) in [5.74, 6) is 1.40. The highest BCUT2D eigenvalue weighted by atomic mass is 16.5. The van der Waals surface area contributed by atoms with Crippen molar-refractivity contribution in [2.45, 2.75) is 18.9 Å². The molecule has 1 aliphatic carbocycles. The second-order valence-electron chi connectivity index (χ2n) is 4.67. The number of ether oxygens (including phenoxy) is 1. The summed E-state index contributed by atoms with van der Waals surface area (Å²) in [6.45, 7) is 0. The van der Waals surface area contributed by atoms with Crippen LogP contribution < -0.4 is 4.74 Å². The highest BCUT2D eigenvalue weighted by Crippen LogP contribution is 2.38. The minimum absolute atomic E-state index is 0.389. The van der Waals surface area contributed by atoms with E-state index in [1.807, 2.05) is 24.3 Å². The molecule has 0 bridgehead atoms. The second-order valence-corrected chi connectivity index (χ2v) is 4.67. The summed E-state index contributed by atoms with van der Waals surface area (Å²) < 4.78 is 5.84. The quantitative estimate of drug-likeness (QED) is 0.855. The van der Waals surface area contributed by atoms with Crippen LogP contribution in [0.4, 0.5) is 0 Å². The molecule has 0 saturated heterocycles. The fraction of sp³-hybridized carbons (Fsp3) is 0.188. The molecule has 0 amide bonds. The number of carbonyl (C=O) groups is 1. The van der Waals surface area contributed by atoms with E-state index >= 15 is 0 Å². The molecule has 2 aromatic rings. The topological polar surface area (TPSA) is 46.5 Å². The predicted molar refractivity (Wildman–Crippen MR) is 71.6 cm³/mol. The molecule has 0 aromatic heterocycles. The number of aliphatic hydroxyl groups excluding tert-OH is 1. The molecule has 1 aliphatic rings. The van der Waals surface area contributed by atoms with Gasteiger partial charge in [0, 0.05) is 11.1 Å². The number of rotatable bonds is 3. The number of aldehydes is 1. The Morgan fingerprint density at radius 1 is 1.21 bits per heavy atom. The van der Waals surface area contributed by atoms with Crippen molar-refractivity contribution in [1.82, 2.24) is 0 Å². The molecular weight excluding hydrogens is 240 g/mol. The van der Waals surface area contributed by atoms with Crippen LogP contribution in [0.15, 0.2) is 42.5 Å². The number of aliphatic hydroxyl groups is 1. The van der Waals surface area contributed by atoms with E-state index in [0.29, 0.717) is 11.3 Å². The van der Waals surface area contributed by atoms with E-state index < -0.39 is 0 Å². The lowest BCUT2D eigenvalue weighted by Gasteiger charge is -2.11. The molecule has 2 aromatic carbocycles. The lowest BCUT2D eigenvalue weighted by molar-refractivity contribution is 0.112. The third-order valence-electron chi connectivity index (χ3n) is 3.42. The van der Waals surface area contributed by atoms with Crippen molar-refractivity contribution < 1.29 is 14.6 Å². The van der Waals surface area contributed by atoms with Crippen molar-refractivity contribution >= 4 is 6.29 Å². The SMILES string of the molecule is O=Cc1cccc(Oc2cccc3c2CCC3O)c1. The zero-order valence-electron chi connectivity index (χ0n) is 10.4. The molecule has 96 valence electrons. The predicted octanol–water partition coefficient (Wildman–Crippen LogP) is 3.27. The number of fused-ring (bicyclic) bond motifs is 1. The van der Waals surface area contributed by atoms with Gasteiger partial charge >= 0.3 is 0 Å². The zero-order chi connectivity index (χ0) is 13.2. The van der Waals surface area contributed by atoms with Gasteiger partial charge in [0.2, 0.25) is 0 Å². The van der Waals surface area contributed by atoms with Crippen LogP contribution in [0.5, 0.6) is 11.5 Å². The average Bonchev–Trinajstić information content (AvgIpc) is 2.82. The van der Waals surface area contributed by atoms with Gasteiger partial charge in [-0.05, 0) is 36.6 Å². The lowest BCUT2D eigenvalue weighted by atomic mass is 10.1. The molecule has 0 fully saturated rings. The van der Waals surface area contributed by atoms with Crippen LogP contribution in [0.25, 0.3) is 0 Å². The summed E-state index contributed by atoms with van der Waals surface area (Å²) in [5.41, 5.74) is 2.60. The Morgan fingerprint density at radius 3 is 2.89 bits per heavy atom. The monoisotopic (exact) mass is 254 g/mol. The molecule has 0 spiro atoms. The maximum Gasteiger partial charge on any atom is 0.150 e. The Labute approximate surface area is 111 Å². The Morgan fingerprint density at radius 2 is 2.05 bits per heavy atom. The van der Waals surface area contributed by atoms with Crippen LogP contribution in [-0.4, -0.2) is 11.4 Å². The van der Waals surface area contributed by atoms with Gasteiger partial charge in [-0.3, -0.25) is 4.79 Å². The second kappa shape index (κ2) is 4.86. The van der Waals surface area contributed by atoms with Crippen molar-refractivity contribution in [3.05, 3.63) is 59.2 Å². The van der Waals surface area contributed by atoms with E-state index in [-0.39, 0.29) is 6.10 Å². The molecule has 1 unspecified atom stereocenters. The first-order valence-corrected chi connectivity index (χ1v) is 6.31. The van der Waals surface area contributed by atoms with Gasteiger partial charge in [-0.2, -0.15) is 0 Å². The van der Waals surface area contributed by atoms with Crippen molar-refractivity contribution in [2.24, 2.45) is 0 Å². The highest BCUT2D eigenvalue weighted by molar-refractivity contribution is 5.75. The number of benzene rings is 2. The van der Waals surface area contributed by atoms with Gasteiger partial charge in [-0.1, -0.05) is 24.3 Å². The third-order valence-corrected chi connectivity index (χ3v) is 3.42. The maximum atomic E-state index is 10.8. The molecule has 3 rings (SSSR count). The summed E-state index contributed by atoms with van der Waals surface area (Å²) >= 11 is 0. The molecule has 3 nitrogen and oxygen atoms in total. The molecule has 1 N–H and O–H groups in total. The molecule has 0 saturated carbocycles. The fourth-order valence-electron chi connectivity index (χ4n) is 2.47. The van der Waals surface area contributed by atoms with Crippen molar-refractivity contribution in [3.63, 3.8) is 0 Å². The number of carbonyl (C=O) groups excluding carboxylic acids is 1. The smallest absolute Gasteiger partial charge is 0.150 e. The van der Waals surface area contributed by atoms with Crippen molar-refractivity contribution in [2.75, 3.05) is 0 Å². The Bertz CT molecular complexity index is 619. The molecule has 0 heterocycles. The normalized spacial score (nSPS) is 17.0. The summed E-state index contributed by atoms with van der Waals surface area (Å²) in [6.07, 6.45) is 1.97. The zero-order valence-corrected chi connectivity index (χ0v) is 10.4. The van der Waals surface area contributed by atoms with Crippen LogP contribution in [0.3, 0.4) is 0 Å². The van der Waals surface area contributed by atoms with Gasteiger partial charge in [-0.25, -0.2) is 0 Å². The largest absolute Gasteiger partial charge is 0.457 e. The van der Waals surface area contributed by atoms with Gasteiger partial charge in [0.1, 0.15) is 17.8 Å². The van der Waals surface area contributed by atoms with Crippen LogP contribution in [0, 0.1) is 0 Å². The van der Waals surface area contributed by atoms with E-state index in [1.165, 1.54) is 0 Å². The molecular formula is C16H14O3. The first-order valence-electron chi connectivity index (χ1n) is 6.31. The third kappa shape index (κ3) is 2.25. The van der Waals surface area contributed by atoms with Crippen molar-refractivity contribution in [1.29, 1.82) is 0 Å². The van der Waals surface area contributed by atoms with E-state index in [1.54, 1.807) is 18.2 Å². The standard InChI is InChI=1S/C16H14O3/c17-10-11-3-1-4-12(9-11)19-16-6-2-5-13-14(16)7-8-15(13)18/h1-6,9-10,15,18H,7-8H2. The minimum atomic E-state index is -0.389. The summed E-state index contributed by atoms with van der Waals surface area (Å²) in [5, 5.41) is 9.85. The summed E-state index contributed by atoms with van der Waals surface area (Å²) in [7, 11) is 0. The summed E-state index contributed by atoms with van der Waals surface area (Å²) in [4.78, 5) is 10.8. The first kappa shape index (κ1) is 11.9. The van der Waals surface area contributed by atoms with E-state index in [2.05, 4.69) is 0 Å². The van der Waals surface area contributed by atoms with Gasteiger partial charge in [0.15, 0.2) is 0 Å². The Kier molecular flexibility index (Phi) is 3.05. The Hall–Kier alpha value is -2.13. The van der Waals surface area contributed by atoms with Crippen LogP contribution >= 0.6 is 0 Å². The molecule has 0 radical (unpaired) electrons. The highest BCUT2D eigenvalue weighted by Gasteiger charge is 2.23. The van der Waals surface area contributed by atoms with Gasteiger partial charge in [0.05, 0.1) is 6.10 Å². The number of hydrogen-bond donors (Lipinski definition) is 1. The molecule has 19 heavy (non-hydrogen) atoms. The fourth-order valence-corrected chi connectivity index (χ4v) is 2.47. The Balaban J connectivity index is 1.94. The minimum Gasteiger partial charge on any atom is -0.457 e.